The average molecular weight is 206 g/mol. The molecule has 0 radical (unpaired) electrons. The van der Waals surface area contributed by atoms with Crippen molar-refractivity contribution in [1.82, 2.24) is 4.90 Å². The van der Waals surface area contributed by atoms with Crippen LogP contribution in [0.4, 0.5) is 0 Å². The molecule has 1 aromatic rings. The summed E-state index contributed by atoms with van der Waals surface area (Å²) in [7, 11) is 0. The van der Waals surface area contributed by atoms with Gasteiger partial charge in [0, 0.05) is 18.6 Å². The fourth-order valence-corrected chi connectivity index (χ4v) is 2.64. The molecule has 1 aliphatic carbocycles. The molecule has 0 bridgehead atoms. The van der Waals surface area contributed by atoms with Gasteiger partial charge in [-0.25, -0.2) is 0 Å². The Bertz CT molecular complexity index is 356. The number of rotatable bonds is 2. The van der Waals surface area contributed by atoms with Crippen LogP contribution >= 0.6 is 0 Å². The quantitative estimate of drug-likeness (QED) is 0.802. The number of nitrogens with zero attached hydrogens (tertiary/aromatic N) is 1. The van der Waals surface area contributed by atoms with E-state index in [2.05, 4.69) is 11.0 Å². The molecule has 3 nitrogen and oxygen atoms in total. The molecule has 2 N–H and O–H groups in total. The van der Waals surface area contributed by atoms with Gasteiger partial charge in [0.15, 0.2) is 0 Å². The third-order valence-corrected chi connectivity index (χ3v) is 3.55. The van der Waals surface area contributed by atoms with Gasteiger partial charge in [-0.05, 0) is 38.3 Å². The SMILES string of the molecule is Cc1ccc(C2C(N)CCN2C2CC2)o1. The summed E-state index contributed by atoms with van der Waals surface area (Å²) in [5.41, 5.74) is 6.17. The molecular formula is C12H18N2O. The lowest BCUT2D eigenvalue weighted by Crippen LogP contribution is -2.32. The van der Waals surface area contributed by atoms with Crippen molar-refractivity contribution < 1.29 is 4.42 Å². The van der Waals surface area contributed by atoms with Crippen LogP contribution in [0.1, 0.15) is 36.8 Å². The van der Waals surface area contributed by atoms with Crippen LogP contribution in [0.5, 0.6) is 0 Å². The Hall–Kier alpha value is -0.800. The highest BCUT2D eigenvalue weighted by molar-refractivity contribution is 5.15. The van der Waals surface area contributed by atoms with E-state index in [-0.39, 0.29) is 6.04 Å². The first-order valence-corrected chi connectivity index (χ1v) is 5.83. The first-order valence-electron chi connectivity index (χ1n) is 5.83. The van der Waals surface area contributed by atoms with Crippen molar-refractivity contribution in [1.29, 1.82) is 0 Å². The molecule has 0 spiro atoms. The summed E-state index contributed by atoms with van der Waals surface area (Å²) in [6.07, 6.45) is 3.77. The number of likely N-dealkylation sites (tertiary alicyclic amines) is 1. The molecule has 1 saturated carbocycles. The minimum Gasteiger partial charge on any atom is -0.465 e. The van der Waals surface area contributed by atoms with Crippen LogP contribution < -0.4 is 5.73 Å². The summed E-state index contributed by atoms with van der Waals surface area (Å²) in [4.78, 5) is 2.53. The second kappa shape index (κ2) is 3.35. The topological polar surface area (TPSA) is 42.4 Å². The summed E-state index contributed by atoms with van der Waals surface area (Å²) in [5.74, 6) is 2.05. The molecule has 0 amide bonds. The standard InChI is InChI=1S/C12H18N2O/c1-8-2-5-11(15-8)12-10(13)6-7-14(12)9-3-4-9/h2,5,9-10,12H,3-4,6-7,13H2,1H3. The van der Waals surface area contributed by atoms with E-state index in [0.29, 0.717) is 6.04 Å². The van der Waals surface area contributed by atoms with Crippen molar-refractivity contribution >= 4 is 0 Å². The lowest BCUT2D eigenvalue weighted by Gasteiger charge is -2.24. The summed E-state index contributed by atoms with van der Waals surface area (Å²) >= 11 is 0. The second-order valence-corrected chi connectivity index (χ2v) is 4.81. The van der Waals surface area contributed by atoms with E-state index in [1.807, 2.05) is 13.0 Å². The Morgan fingerprint density at radius 1 is 1.33 bits per heavy atom. The van der Waals surface area contributed by atoms with Crippen molar-refractivity contribution in [3.63, 3.8) is 0 Å². The zero-order valence-electron chi connectivity index (χ0n) is 9.15. The molecule has 2 fully saturated rings. The first-order chi connectivity index (χ1) is 7.25. The Balaban J connectivity index is 1.87. The van der Waals surface area contributed by atoms with Gasteiger partial charge in [0.25, 0.3) is 0 Å². The van der Waals surface area contributed by atoms with Crippen LogP contribution in [0.3, 0.4) is 0 Å². The molecule has 82 valence electrons. The van der Waals surface area contributed by atoms with E-state index < -0.39 is 0 Å². The zero-order valence-corrected chi connectivity index (χ0v) is 9.15. The summed E-state index contributed by atoms with van der Waals surface area (Å²) < 4.78 is 5.72. The number of furan rings is 1. The molecule has 15 heavy (non-hydrogen) atoms. The Labute approximate surface area is 90.2 Å². The highest BCUT2D eigenvalue weighted by Crippen LogP contribution is 2.40. The molecule has 3 rings (SSSR count). The Morgan fingerprint density at radius 2 is 2.13 bits per heavy atom. The molecule has 2 unspecified atom stereocenters. The van der Waals surface area contributed by atoms with Gasteiger partial charge in [0.05, 0.1) is 6.04 Å². The van der Waals surface area contributed by atoms with E-state index in [4.69, 9.17) is 10.2 Å². The van der Waals surface area contributed by atoms with Gasteiger partial charge >= 0.3 is 0 Å². The predicted octanol–water partition coefficient (Wildman–Crippen LogP) is 1.82. The fraction of sp³-hybridized carbons (Fsp3) is 0.667. The highest BCUT2D eigenvalue weighted by Gasteiger charge is 2.42. The van der Waals surface area contributed by atoms with Crippen molar-refractivity contribution in [2.45, 2.75) is 44.3 Å². The molecule has 1 saturated heterocycles. The van der Waals surface area contributed by atoms with Crippen LogP contribution in [-0.4, -0.2) is 23.5 Å². The van der Waals surface area contributed by atoms with E-state index >= 15 is 0 Å². The van der Waals surface area contributed by atoms with Crippen molar-refractivity contribution in [3.05, 3.63) is 23.7 Å². The number of aryl methyl sites for hydroxylation is 1. The smallest absolute Gasteiger partial charge is 0.122 e. The van der Waals surface area contributed by atoms with Gasteiger partial charge in [0.1, 0.15) is 11.5 Å². The normalized spacial score (nSPS) is 32.4. The minimum absolute atomic E-state index is 0.246. The van der Waals surface area contributed by atoms with Gasteiger partial charge in [-0.1, -0.05) is 0 Å². The van der Waals surface area contributed by atoms with Crippen LogP contribution in [0, 0.1) is 6.92 Å². The molecular weight excluding hydrogens is 188 g/mol. The largest absolute Gasteiger partial charge is 0.465 e. The molecule has 2 heterocycles. The highest BCUT2D eigenvalue weighted by atomic mass is 16.3. The van der Waals surface area contributed by atoms with Gasteiger partial charge in [-0.15, -0.1) is 0 Å². The van der Waals surface area contributed by atoms with Crippen molar-refractivity contribution in [2.24, 2.45) is 5.73 Å². The monoisotopic (exact) mass is 206 g/mol. The third-order valence-electron chi connectivity index (χ3n) is 3.55. The van der Waals surface area contributed by atoms with Crippen LogP contribution in [0.25, 0.3) is 0 Å². The zero-order chi connectivity index (χ0) is 10.4. The summed E-state index contributed by atoms with van der Waals surface area (Å²) in [6, 6.07) is 5.46. The number of nitrogens with two attached hydrogens (primary N) is 1. The fourth-order valence-electron chi connectivity index (χ4n) is 2.64. The molecule has 1 aliphatic heterocycles. The first kappa shape index (κ1) is 9.43. The number of hydrogen-bond donors (Lipinski definition) is 1. The summed E-state index contributed by atoms with van der Waals surface area (Å²) in [5, 5.41) is 0. The lowest BCUT2D eigenvalue weighted by atomic mass is 10.1. The molecule has 1 aromatic heterocycles. The maximum absolute atomic E-state index is 6.17. The second-order valence-electron chi connectivity index (χ2n) is 4.81. The van der Waals surface area contributed by atoms with E-state index in [9.17, 15) is 0 Å². The van der Waals surface area contributed by atoms with Gasteiger partial charge in [-0.2, -0.15) is 0 Å². The van der Waals surface area contributed by atoms with Crippen LogP contribution in [0.2, 0.25) is 0 Å². The van der Waals surface area contributed by atoms with Crippen LogP contribution in [0.15, 0.2) is 16.5 Å². The van der Waals surface area contributed by atoms with Crippen LogP contribution in [-0.2, 0) is 0 Å². The Kier molecular flexibility index (Phi) is 2.11. The molecule has 2 atom stereocenters. The predicted molar refractivity (Wildman–Crippen MR) is 58.5 cm³/mol. The third kappa shape index (κ3) is 1.60. The van der Waals surface area contributed by atoms with E-state index in [1.165, 1.54) is 12.8 Å². The Morgan fingerprint density at radius 3 is 2.73 bits per heavy atom. The van der Waals surface area contributed by atoms with Gasteiger partial charge in [0.2, 0.25) is 0 Å². The maximum Gasteiger partial charge on any atom is 0.122 e. The van der Waals surface area contributed by atoms with E-state index in [1.54, 1.807) is 0 Å². The van der Waals surface area contributed by atoms with Crippen molar-refractivity contribution in [3.8, 4) is 0 Å². The maximum atomic E-state index is 6.17. The lowest BCUT2D eigenvalue weighted by molar-refractivity contribution is 0.208. The summed E-state index contributed by atoms with van der Waals surface area (Å²) in [6.45, 7) is 3.13. The average Bonchev–Trinajstić information content (AvgIpc) is 2.86. The molecule has 3 heteroatoms. The molecule has 2 aliphatic rings. The molecule has 0 aromatic carbocycles. The number of hydrogen-bond acceptors (Lipinski definition) is 3. The van der Waals surface area contributed by atoms with Gasteiger partial charge in [-0.3, -0.25) is 4.90 Å². The van der Waals surface area contributed by atoms with Gasteiger partial charge < -0.3 is 10.2 Å². The van der Waals surface area contributed by atoms with Crippen molar-refractivity contribution in [2.75, 3.05) is 6.54 Å². The minimum atomic E-state index is 0.246. The van der Waals surface area contributed by atoms with E-state index in [0.717, 1.165) is 30.5 Å².